The van der Waals surface area contributed by atoms with Gasteiger partial charge in [-0.05, 0) is 54.5 Å². The Balaban J connectivity index is 1.51. The fraction of sp³-hybridized carbons (Fsp3) is 0.259. The molecule has 0 amide bonds. The van der Waals surface area contributed by atoms with Gasteiger partial charge in [0.1, 0.15) is 11.5 Å². The Morgan fingerprint density at radius 2 is 1.86 bits per heavy atom. The van der Waals surface area contributed by atoms with Crippen molar-refractivity contribution in [3.8, 4) is 11.1 Å². The smallest absolute Gasteiger partial charge is 0.232 e. The molecular formula is C27H25F2N3O3S. The van der Waals surface area contributed by atoms with Crippen LogP contribution in [0.15, 0.2) is 54.9 Å². The number of aromatic nitrogens is 2. The van der Waals surface area contributed by atoms with Crippen molar-refractivity contribution < 1.29 is 22.0 Å². The van der Waals surface area contributed by atoms with Crippen molar-refractivity contribution >= 4 is 32.5 Å². The van der Waals surface area contributed by atoms with Crippen molar-refractivity contribution in [2.75, 3.05) is 10.5 Å². The first-order valence-corrected chi connectivity index (χ1v) is 13.5. The van der Waals surface area contributed by atoms with E-state index in [4.69, 9.17) is 0 Å². The predicted molar refractivity (Wildman–Crippen MR) is 136 cm³/mol. The fourth-order valence-electron chi connectivity index (χ4n) is 4.50. The third-order valence-electron chi connectivity index (χ3n) is 6.65. The molecule has 6 nitrogen and oxygen atoms in total. The number of hydrogen-bond acceptors (Lipinski definition) is 4. The summed E-state index contributed by atoms with van der Waals surface area (Å²) in [5.74, 6) is -2.87. The lowest BCUT2D eigenvalue weighted by Gasteiger charge is -2.25. The van der Waals surface area contributed by atoms with Crippen molar-refractivity contribution in [1.82, 2.24) is 9.97 Å². The normalized spacial score (nSPS) is 14.1. The summed E-state index contributed by atoms with van der Waals surface area (Å²) in [5, 5.41) is 0.413. The molecule has 2 N–H and O–H groups in total. The maximum Gasteiger partial charge on any atom is 0.232 e. The van der Waals surface area contributed by atoms with Crippen LogP contribution in [-0.2, 0) is 10.0 Å². The van der Waals surface area contributed by atoms with Crippen LogP contribution in [0.1, 0.15) is 60.0 Å². The number of carbonyl (C=O) groups is 1. The van der Waals surface area contributed by atoms with E-state index in [-0.39, 0.29) is 11.3 Å². The van der Waals surface area contributed by atoms with Gasteiger partial charge in [0.05, 0.1) is 17.0 Å². The molecular weight excluding hydrogens is 484 g/mol. The number of nitrogens with zero attached hydrogens (tertiary/aromatic N) is 1. The molecule has 5 rings (SSSR count). The van der Waals surface area contributed by atoms with E-state index in [1.165, 1.54) is 31.0 Å². The number of anilines is 1. The van der Waals surface area contributed by atoms with Crippen LogP contribution in [-0.4, -0.2) is 29.9 Å². The number of ketones is 1. The largest absolute Gasteiger partial charge is 0.345 e. The van der Waals surface area contributed by atoms with Gasteiger partial charge in [0.15, 0.2) is 5.82 Å². The van der Waals surface area contributed by atoms with Gasteiger partial charge >= 0.3 is 0 Å². The fourth-order valence-corrected chi connectivity index (χ4v) is 5.63. The molecule has 0 spiro atoms. The lowest BCUT2D eigenvalue weighted by molar-refractivity contribution is 0.103. The van der Waals surface area contributed by atoms with E-state index in [0.29, 0.717) is 23.4 Å². The van der Waals surface area contributed by atoms with Crippen LogP contribution in [0.25, 0.3) is 22.2 Å². The molecule has 0 saturated heterocycles. The van der Waals surface area contributed by atoms with Crippen LogP contribution in [0.2, 0.25) is 0 Å². The number of nitrogens with one attached hydrogen (secondary N) is 2. The van der Waals surface area contributed by atoms with E-state index in [1.54, 1.807) is 19.2 Å². The van der Waals surface area contributed by atoms with Crippen molar-refractivity contribution in [3.63, 3.8) is 0 Å². The van der Waals surface area contributed by atoms with E-state index in [9.17, 15) is 17.6 Å². The second kappa shape index (κ2) is 9.46. The average Bonchev–Trinajstić information content (AvgIpc) is 3.23. The van der Waals surface area contributed by atoms with Gasteiger partial charge in [0.2, 0.25) is 15.8 Å². The van der Waals surface area contributed by atoms with E-state index in [2.05, 4.69) is 26.8 Å². The monoisotopic (exact) mass is 509 g/mol. The number of aromatic amines is 1. The third kappa shape index (κ3) is 4.51. The highest BCUT2D eigenvalue weighted by Crippen LogP contribution is 2.37. The Labute approximate surface area is 207 Å². The Morgan fingerprint density at radius 3 is 2.53 bits per heavy atom. The van der Waals surface area contributed by atoms with Gasteiger partial charge in [-0.3, -0.25) is 9.52 Å². The first-order valence-electron chi connectivity index (χ1n) is 11.9. The molecule has 0 aliphatic heterocycles. The Bertz CT molecular complexity index is 1560. The van der Waals surface area contributed by atoms with Crippen LogP contribution >= 0.6 is 0 Å². The molecule has 1 fully saturated rings. The number of fused-ring (bicyclic) bond motifs is 1. The summed E-state index contributed by atoms with van der Waals surface area (Å²) >= 11 is 0. The molecule has 1 saturated carbocycles. The summed E-state index contributed by atoms with van der Waals surface area (Å²) in [5.41, 5.74) is 2.11. The number of benzene rings is 2. The van der Waals surface area contributed by atoms with Crippen LogP contribution < -0.4 is 4.72 Å². The topological polar surface area (TPSA) is 91.9 Å². The second-order valence-electron chi connectivity index (χ2n) is 9.11. The summed E-state index contributed by atoms with van der Waals surface area (Å²) in [7, 11) is -3.83. The number of sulfonamides is 1. The molecule has 186 valence electrons. The zero-order valence-electron chi connectivity index (χ0n) is 19.6. The Kier molecular flexibility index (Phi) is 6.34. The van der Waals surface area contributed by atoms with Crippen LogP contribution in [0.4, 0.5) is 14.5 Å². The number of pyridine rings is 1. The van der Waals surface area contributed by atoms with E-state index >= 15 is 4.39 Å². The molecule has 9 heteroatoms. The van der Waals surface area contributed by atoms with Crippen molar-refractivity contribution in [3.05, 3.63) is 83.2 Å². The molecule has 0 radical (unpaired) electrons. The zero-order valence-corrected chi connectivity index (χ0v) is 20.5. The van der Waals surface area contributed by atoms with Gasteiger partial charge in [0, 0.05) is 28.9 Å². The highest BCUT2D eigenvalue weighted by Gasteiger charge is 2.26. The van der Waals surface area contributed by atoms with Crippen molar-refractivity contribution in [2.45, 2.75) is 38.5 Å². The molecule has 36 heavy (non-hydrogen) atoms. The quantitative estimate of drug-likeness (QED) is 0.278. The van der Waals surface area contributed by atoms with Gasteiger partial charge in [-0.15, -0.1) is 0 Å². The van der Waals surface area contributed by atoms with Crippen LogP contribution in [0, 0.1) is 11.6 Å². The minimum absolute atomic E-state index is 0.0387. The van der Waals surface area contributed by atoms with E-state index < -0.39 is 38.7 Å². The van der Waals surface area contributed by atoms with Gasteiger partial charge in [-0.25, -0.2) is 22.2 Å². The van der Waals surface area contributed by atoms with E-state index in [1.807, 2.05) is 12.1 Å². The van der Waals surface area contributed by atoms with Crippen molar-refractivity contribution in [2.24, 2.45) is 0 Å². The third-order valence-corrected chi connectivity index (χ3v) is 8.13. The first kappa shape index (κ1) is 24.1. The molecule has 0 unspecified atom stereocenters. The van der Waals surface area contributed by atoms with Crippen LogP contribution in [0.5, 0.6) is 0 Å². The van der Waals surface area contributed by atoms with Gasteiger partial charge in [0.25, 0.3) is 0 Å². The summed E-state index contributed by atoms with van der Waals surface area (Å²) in [6, 6.07) is 11.8. The Hall–Kier alpha value is -3.59. The molecule has 4 aromatic rings. The minimum atomic E-state index is -3.83. The summed E-state index contributed by atoms with van der Waals surface area (Å²) < 4.78 is 56.2. The molecule has 1 aliphatic carbocycles. The maximum absolute atomic E-state index is 15.2. The highest BCUT2D eigenvalue weighted by molar-refractivity contribution is 7.92. The SMILES string of the molecule is CCCS(=O)(=O)Nc1ccc(F)c(C(=O)c2c[nH]c3ncc(-c4ccc(C5CCC5)cc4)cc23)c1F. The maximum atomic E-state index is 15.2. The molecule has 0 atom stereocenters. The molecule has 0 bridgehead atoms. The number of H-pyrrole nitrogens is 1. The summed E-state index contributed by atoms with van der Waals surface area (Å²) in [4.78, 5) is 20.6. The number of carbonyl (C=O) groups excluding carboxylic acids is 1. The minimum Gasteiger partial charge on any atom is -0.345 e. The number of rotatable bonds is 8. The van der Waals surface area contributed by atoms with E-state index in [0.717, 1.165) is 23.3 Å². The van der Waals surface area contributed by atoms with Crippen molar-refractivity contribution in [1.29, 1.82) is 0 Å². The molecule has 2 aromatic carbocycles. The Morgan fingerprint density at radius 1 is 1.11 bits per heavy atom. The van der Waals surface area contributed by atoms with Crippen LogP contribution in [0.3, 0.4) is 0 Å². The standard InChI is InChI=1S/C27H25F2N3O3S/c1-2-12-36(34,35)32-23-11-10-22(28)24(25(23)29)26(33)21-15-31-27-20(21)13-19(14-30-27)18-8-6-17(7-9-18)16-4-3-5-16/h6-11,13-16,32H,2-5,12H2,1H3,(H,30,31). The molecule has 1 aliphatic rings. The van der Waals surface area contributed by atoms with Gasteiger partial charge in [-0.2, -0.15) is 0 Å². The lowest BCUT2D eigenvalue weighted by Crippen LogP contribution is -2.18. The molecule has 2 aromatic heterocycles. The van der Waals surface area contributed by atoms with Gasteiger partial charge in [-0.1, -0.05) is 37.6 Å². The molecule has 2 heterocycles. The first-order chi connectivity index (χ1) is 17.3. The van der Waals surface area contributed by atoms with Gasteiger partial charge < -0.3 is 4.98 Å². The predicted octanol–water partition coefficient (Wildman–Crippen LogP) is 6.16. The highest BCUT2D eigenvalue weighted by atomic mass is 32.2. The number of halogens is 2. The second-order valence-corrected chi connectivity index (χ2v) is 10.9. The lowest BCUT2D eigenvalue weighted by atomic mass is 9.80. The average molecular weight is 510 g/mol. The zero-order chi connectivity index (χ0) is 25.4. The summed E-state index contributed by atoms with van der Waals surface area (Å²) in [6.45, 7) is 1.66. The summed E-state index contributed by atoms with van der Waals surface area (Å²) in [6.07, 6.45) is 7.02. The number of hydrogen-bond donors (Lipinski definition) is 2.